The second-order valence-electron chi connectivity index (χ2n) is 7.18. The van der Waals surface area contributed by atoms with E-state index in [1.165, 1.54) is 12.0 Å². The van der Waals surface area contributed by atoms with Crippen molar-refractivity contribution < 1.29 is 8.42 Å². The maximum Gasteiger partial charge on any atom is 0.279 e. The van der Waals surface area contributed by atoms with Crippen LogP contribution in [0.1, 0.15) is 56.2 Å². The van der Waals surface area contributed by atoms with Gasteiger partial charge in [0.1, 0.15) is 0 Å². The Hall–Kier alpha value is -0.950. The van der Waals surface area contributed by atoms with Crippen molar-refractivity contribution in [3.05, 3.63) is 35.4 Å². The molecule has 23 heavy (non-hydrogen) atoms. The fourth-order valence-corrected chi connectivity index (χ4v) is 5.24. The standard InChI is InChI=1S/C17H27N3O2S/c1-12(2)14-4-6-15(7-5-14)17(18)10-19-23(21,22)20-11-13-3-8-16(20)9-13/h4-7,12-13,16-17,19H,3,8-11,18H2,1-2H3/t13-,16-,17+/m0/s1. The summed E-state index contributed by atoms with van der Waals surface area (Å²) in [4.78, 5) is 0. The van der Waals surface area contributed by atoms with Crippen molar-refractivity contribution in [3.63, 3.8) is 0 Å². The van der Waals surface area contributed by atoms with E-state index in [9.17, 15) is 8.42 Å². The van der Waals surface area contributed by atoms with E-state index in [0.717, 1.165) is 18.4 Å². The highest BCUT2D eigenvalue weighted by molar-refractivity contribution is 7.87. The normalized spacial score (nSPS) is 26.1. The van der Waals surface area contributed by atoms with Crippen LogP contribution >= 0.6 is 0 Å². The number of nitrogens with two attached hydrogens (primary N) is 1. The number of hydrogen-bond acceptors (Lipinski definition) is 3. The number of benzene rings is 1. The molecular formula is C17H27N3O2S. The fraction of sp³-hybridized carbons (Fsp3) is 0.647. The highest BCUT2D eigenvalue weighted by Crippen LogP contribution is 2.38. The summed E-state index contributed by atoms with van der Waals surface area (Å²) in [6, 6.07) is 7.98. The molecule has 3 atom stereocenters. The summed E-state index contributed by atoms with van der Waals surface area (Å²) in [6.45, 7) is 5.19. The predicted octanol–water partition coefficient (Wildman–Crippen LogP) is 2.13. The molecule has 1 saturated heterocycles. The smallest absolute Gasteiger partial charge is 0.279 e. The lowest BCUT2D eigenvalue weighted by molar-refractivity contribution is 0.328. The second-order valence-corrected chi connectivity index (χ2v) is 8.89. The topological polar surface area (TPSA) is 75.4 Å². The molecule has 1 saturated carbocycles. The molecule has 1 aliphatic carbocycles. The van der Waals surface area contributed by atoms with Gasteiger partial charge in [0.2, 0.25) is 0 Å². The van der Waals surface area contributed by atoms with Crippen LogP contribution in [-0.2, 0) is 10.2 Å². The number of hydrogen-bond donors (Lipinski definition) is 2. The summed E-state index contributed by atoms with van der Waals surface area (Å²) in [5.74, 6) is 1.03. The first kappa shape index (κ1) is 16.9. The molecule has 3 N–H and O–H groups in total. The second kappa shape index (κ2) is 6.51. The molecule has 3 rings (SSSR count). The largest absolute Gasteiger partial charge is 0.323 e. The molecule has 2 fully saturated rings. The minimum Gasteiger partial charge on any atom is -0.323 e. The summed E-state index contributed by atoms with van der Waals surface area (Å²) in [5, 5.41) is 0. The van der Waals surface area contributed by atoms with Gasteiger partial charge in [-0.25, -0.2) is 4.72 Å². The fourth-order valence-electron chi connectivity index (χ4n) is 3.70. The van der Waals surface area contributed by atoms with Crippen molar-refractivity contribution in [2.24, 2.45) is 11.7 Å². The predicted molar refractivity (Wildman–Crippen MR) is 92.2 cm³/mol. The molecule has 0 spiro atoms. The molecule has 6 heteroatoms. The molecule has 2 bridgehead atoms. The van der Waals surface area contributed by atoms with Gasteiger partial charge in [-0.2, -0.15) is 12.7 Å². The van der Waals surface area contributed by atoms with Gasteiger partial charge in [0.15, 0.2) is 0 Å². The van der Waals surface area contributed by atoms with Crippen LogP contribution in [0.25, 0.3) is 0 Å². The summed E-state index contributed by atoms with van der Waals surface area (Å²) in [6.07, 6.45) is 3.18. The van der Waals surface area contributed by atoms with Crippen LogP contribution in [0.15, 0.2) is 24.3 Å². The summed E-state index contributed by atoms with van der Waals surface area (Å²) >= 11 is 0. The van der Waals surface area contributed by atoms with Gasteiger partial charge >= 0.3 is 0 Å². The third-order valence-electron chi connectivity index (χ3n) is 5.18. The number of rotatable bonds is 6. The third-order valence-corrected chi connectivity index (χ3v) is 6.78. The zero-order chi connectivity index (χ0) is 16.6. The molecule has 128 valence electrons. The van der Waals surface area contributed by atoms with E-state index in [0.29, 0.717) is 18.4 Å². The highest BCUT2D eigenvalue weighted by atomic mass is 32.2. The van der Waals surface area contributed by atoms with Crippen molar-refractivity contribution in [2.45, 2.75) is 51.1 Å². The molecule has 1 aromatic carbocycles. The van der Waals surface area contributed by atoms with Gasteiger partial charge in [0, 0.05) is 25.2 Å². The van der Waals surface area contributed by atoms with Crippen LogP contribution < -0.4 is 10.5 Å². The third kappa shape index (κ3) is 3.60. The van der Waals surface area contributed by atoms with E-state index in [2.05, 4.69) is 30.7 Å². The Kier molecular flexibility index (Phi) is 4.78. The van der Waals surface area contributed by atoms with Crippen LogP contribution in [0, 0.1) is 5.92 Å². The van der Waals surface area contributed by atoms with E-state index >= 15 is 0 Å². The average molecular weight is 337 g/mol. The number of nitrogens with zero attached hydrogens (tertiary/aromatic N) is 1. The first-order valence-corrected chi connectivity index (χ1v) is 9.92. The molecule has 0 radical (unpaired) electrons. The zero-order valence-electron chi connectivity index (χ0n) is 13.9. The van der Waals surface area contributed by atoms with E-state index in [-0.39, 0.29) is 18.6 Å². The minimum absolute atomic E-state index is 0.194. The summed E-state index contributed by atoms with van der Waals surface area (Å²) in [5.41, 5.74) is 8.37. The Balaban J connectivity index is 1.58. The molecule has 2 aliphatic rings. The maximum absolute atomic E-state index is 12.5. The number of piperidine rings is 1. The van der Waals surface area contributed by atoms with Crippen LogP contribution in [0.2, 0.25) is 0 Å². The highest BCUT2D eigenvalue weighted by Gasteiger charge is 2.43. The quantitative estimate of drug-likeness (QED) is 0.835. The van der Waals surface area contributed by atoms with Gasteiger partial charge in [-0.3, -0.25) is 0 Å². The van der Waals surface area contributed by atoms with Gasteiger partial charge < -0.3 is 5.73 Å². The van der Waals surface area contributed by atoms with E-state index in [1.54, 1.807) is 4.31 Å². The van der Waals surface area contributed by atoms with Crippen LogP contribution in [-0.4, -0.2) is 31.9 Å². The molecule has 5 nitrogen and oxygen atoms in total. The Bertz CT molecular complexity index is 642. The van der Waals surface area contributed by atoms with Crippen LogP contribution in [0.3, 0.4) is 0 Å². The number of nitrogens with one attached hydrogen (secondary N) is 1. The summed E-state index contributed by atoms with van der Waals surface area (Å²) < 4.78 is 29.3. The molecule has 0 amide bonds. The molecule has 1 aliphatic heterocycles. The molecular weight excluding hydrogens is 310 g/mol. The van der Waals surface area contributed by atoms with Crippen molar-refractivity contribution in [3.8, 4) is 0 Å². The summed E-state index contributed by atoms with van der Waals surface area (Å²) in [7, 11) is -3.41. The monoisotopic (exact) mass is 337 g/mol. The zero-order valence-corrected chi connectivity index (χ0v) is 14.7. The van der Waals surface area contributed by atoms with Crippen molar-refractivity contribution in [1.29, 1.82) is 0 Å². The van der Waals surface area contributed by atoms with Crippen LogP contribution in [0.5, 0.6) is 0 Å². The van der Waals surface area contributed by atoms with Gasteiger partial charge in [-0.05, 0) is 42.2 Å². The first-order chi connectivity index (χ1) is 10.9. The molecule has 0 aromatic heterocycles. The van der Waals surface area contributed by atoms with E-state index < -0.39 is 10.2 Å². The maximum atomic E-state index is 12.5. The van der Waals surface area contributed by atoms with Gasteiger partial charge in [0.05, 0.1) is 0 Å². The Morgan fingerprint density at radius 2 is 1.87 bits per heavy atom. The van der Waals surface area contributed by atoms with Crippen molar-refractivity contribution in [1.82, 2.24) is 9.03 Å². The van der Waals surface area contributed by atoms with E-state index in [1.807, 2.05) is 12.1 Å². The molecule has 1 heterocycles. The SMILES string of the molecule is CC(C)c1ccc([C@H](N)CNS(=O)(=O)N2C[C@H]3CC[C@H]2C3)cc1. The number of fused-ring (bicyclic) bond motifs is 2. The van der Waals surface area contributed by atoms with E-state index in [4.69, 9.17) is 5.73 Å². The Morgan fingerprint density at radius 1 is 1.22 bits per heavy atom. The van der Waals surface area contributed by atoms with Crippen LogP contribution in [0.4, 0.5) is 0 Å². The Labute approximate surface area is 139 Å². The Morgan fingerprint density at radius 3 is 2.39 bits per heavy atom. The van der Waals surface area contributed by atoms with Crippen molar-refractivity contribution in [2.75, 3.05) is 13.1 Å². The van der Waals surface area contributed by atoms with Gasteiger partial charge in [0.25, 0.3) is 10.2 Å². The lowest BCUT2D eigenvalue weighted by Gasteiger charge is -2.27. The molecule has 1 aromatic rings. The first-order valence-electron chi connectivity index (χ1n) is 8.48. The lowest BCUT2D eigenvalue weighted by Crippen LogP contribution is -2.46. The van der Waals surface area contributed by atoms with Gasteiger partial charge in [-0.1, -0.05) is 38.1 Å². The average Bonchev–Trinajstić information content (AvgIpc) is 3.16. The molecule has 0 unspecified atom stereocenters. The minimum atomic E-state index is -3.41. The van der Waals surface area contributed by atoms with Gasteiger partial charge in [-0.15, -0.1) is 0 Å². The lowest BCUT2D eigenvalue weighted by atomic mass is 9.99. The van der Waals surface area contributed by atoms with Crippen molar-refractivity contribution >= 4 is 10.2 Å².